The van der Waals surface area contributed by atoms with Crippen LogP contribution in [0.1, 0.15) is 42.6 Å². The molecule has 3 heteroatoms. The van der Waals surface area contributed by atoms with Gasteiger partial charge in [-0.05, 0) is 44.9 Å². The summed E-state index contributed by atoms with van der Waals surface area (Å²) in [6.07, 6.45) is 3.79. The van der Waals surface area contributed by atoms with E-state index in [1.54, 1.807) is 13.0 Å². The number of hydrogen-bond donors (Lipinski definition) is 0. The Labute approximate surface area is 115 Å². The molecule has 0 spiro atoms. The molecule has 0 aliphatic rings. The average Bonchev–Trinajstić information content (AvgIpc) is 2.40. The van der Waals surface area contributed by atoms with Crippen LogP contribution in [0.5, 0.6) is 5.75 Å². The number of ether oxygens (including phenoxy) is 2. The Morgan fingerprint density at radius 2 is 2.21 bits per heavy atom. The van der Waals surface area contributed by atoms with E-state index >= 15 is 0 Å². The largest absolute Gasteiger partial charge is 0.494 e. The van der Waals surface area contributed by atoms with Gasteiger partial charge in [-0.25, -0.2) is 0 Å². The lowest BCUT2D eigenvalue weighted by atomic mass is 10.1. The molecule has 1 rings (SSSR count). The lowest BCUT2D eigenvalue weighted by molar-refractivity contribution is 0.101. The number of allylic oxidation sites excluding steroid dienone is 1. The molecule has 0 bridgehead atoms. The van der Waals surface area contributed by atoms with Crippen LogP contribution in [-0.2, 0) is 11.3 Å². The number of Topliss-reactive ketones (excluding diaryl/α,β-unsaturated/α-hetero) is 1. The Morgan fingerprint density at radius 1 is 1.42 bits per heavy atom. The maximum absolute atomic E-state index is 11.4. The maximum atomic E-state index is 11.4. The summed E-state index contributed by atoms with van der Waals surface area (Å²) in [7, 11) is 0. The summed E-state index contributed by atoms with van der Waals surface area (Å²) in [4.78, 5) is 11.4. The van der Waals surface area contributed by atoms with Crippen molar-refractivity contribution in [2.45, 2.75) is 33.3 Å². The first-order valence-corrected chi connectivity index (χ1v) is 6.64. The van der Waals surface area contributed by atoms with Gasteiger partial charge in [0.05, 0.1) is 13.2 Å². The molecule has 0 aliphatic heterocycles. The third kappa shape index (κ3) is 5.26. The van der Waals surface area contributed by atoms with Crippen LogP contribution in [-0.4, -0.2) is 19.0 Å². The molecule has 0 heterocycles. The van der Waals surface area contributed by atoms with Crippen molar-refractivity contribution in [3.63, 3.8) is 0 Å². The van der Waals surface area contributed by atoms with E-state index in [2.05, 4.69) is 6.58 Å². The molecule has 0 atom stereocenters. The predicted octanol–water partition coefficient (Wildman–Crippen LogP) is 3.77. The van der Waals surface area contributed by atoms with E-state index in [1.807, 2.05) is 25.1 Å². The zero-order chi connectivity index (χ0) is 14.1. The van der Waals surface area contributed by atoms with Gasteiger partial charge in [0.1, 0.15) is 5.75 Å². The molecular weight excluding hydrogens is 240 g/mol. The maximum Gasteiger partial charge on any atom is 0.159 e. The second kappa shape index (κ2) is 8.48. The number of rotatable bonds is 9. The van der Waals surface area contributed by atoms with Crippen molar-refractivity contribution in [3.8, 4) is 5.75 Å². The minimum absolute atomic E-state index is 0.0518. The average molecular weight is 262 g/mol. The van der Waals surface area contributed by atoms with E-state index in [0.717, 1.165) is 24.2 Å². The van der Waals surface area contributed by atoms with Gasteiger partial charge < -0.3 is 9.47 Å². The molecule has 0 saturated heterocycles. The summed E-state index contributed by atoms with van der Waals surface area (Å²) in [5.41, 5.74) is 1.61. The number of benzene rings is 1. The lowest BCUT2D eigenvalue weighted by Gasteiger charge is -2.11. The van der Waals surface area contributed by atoms with Crippen LogP contribution in [0.15, 0.2) is 30.9 Å². The van der Waals surface area contributed by atoms with Crippen molar-refractivity contribution >= 4 is 5.78 Å². The van der Waals surface area contributed by atoms with Gasteiger partial charge in [0.2, 0.25) is 0 Å². The molecular formula is C16H22O3. The Bertz CT molecular complexity index is 424. The van der Waals surface area contributed by atoms with Crippen molar-refractivity contribution < 1.29 is 14.3 Å². The molecule has 104 valence electrons. The highest BCUT2D eigenvalue weighted by atomic mass is 16.5. The van der Waals surface area contributed by atoms with Gasteiger partial charge in [0.25, 0.3) is 0 Å². The number of unbranched alkanes of at least 4 members (excludes halogenated alkanes) is 1. The Hall–Kier alpha value is -1.61. The first kappa shape index (κ1) is 15.4. The SMILES string of the molecule is C=CCCCOCc1cc(C(C)=O)ccc1OCC. The molecule has 3 nitrogen and oxygen atoms in total. The molecule has 0 N–H and O–H groups in total. The second-order valence-corrected chi connectivity index (χ2v) is 4.30. The first-order valence-electron chi connectivity index (χ1n) is 6.64. The zero-order valence-electron chi connectivity index (χ0n) is 11.8. The Balaban J connectivity index is 2.68. The molecule has 0 unspecified atom stereocenters. The zero-order valence-corrected chi connectivity index (χ0v) is 11.8. The minimum atomic E-state index is 0.0518. The molecule has 0 amide bonds. The van der Waals surface area contributed by atoms with Crippen molar-refractivity contribution in [2.75, 3.05) is 13.2 Å². The second-order valence-electron chi connectivity index (χ2n) is 4.30. The van der Waals surface area contributed by atoms with Gasteiger partial charge >= 0.3 is 0 Å². The van der Waals surface area contributed by atoms with Crippen molar-refractivity contribution in [2.24, 2.45) is 0 Å². The summed E-state index contributed by atoms with van der Waals surface area (Å²) in [6.45, 7) is 8.92. The summed E-state index contributed by atoms with van der Waals surface area (Å²) in [5, 5.41) is 0. The highest BCUT2D eigenvalue weighted by molar-refractivity contribution is 5.94. The smallest absolute Gasteiger partial charge is 0.159 e. The van der Waals surface area contributed by atoms with Crippen molar-refractivity contribution in [3.05, 3.63) is 42.0 Å². The van der Waals surface area contributed by atoms with Gasteiger partial charge in [-0.15, -0.1) is 6.58 Å². The van der Waals surface area contributed by atoms with Gasteiger partial charge in [0.15, 0.2) is 5.78 Å². The van der Waals surface area contributed by atoms with Crippen molar-refractivity contribution in [1.82, 2.24) is 0 Å². The minimum Gasteiger partial charge on any atom is -0.494 e. The lowest BCUT2D eigenvalue weighted by Crippen LogP contribution is -2.03. The third-order valence-corrected chi connectivity index (χ3v) is 2.72. The molecule has 0 radical (unpaired) electrons. The number of carbonyl (C=O) groups is 1. The number of hydrogen-bond acceptors (Lipinski definition) is 3. The first-order chi connectivity index (χ1) is 9.19. The summed E-state index contributed by atoms with van der Waals surface area (Å²) in [6, 6.07) is 5.47. The van der Waals surface area contributed by atoms with E-state index in [9.17, 15) is 4.79 Å². The topological polar surface area (TPSA) is 35.5 Å². The Morgan fingerprint density at radius 3 is 2.84 bits per heavy atom. The molecule has 0 saturated carbocycles. The quantitative estimate of drug-likeness (QED) is 0.386. The summed E-state index contributed by atoms with van der Waals surface area (Å²) >= 11 is 0. The van der Waals surface area contributed by atoms with E-state index in [4.69, 9.17) is 9.47 Å². The molecule has 0 aliphatic carbocycles. The molecule has 0 fully saturated rings. The monoisotopic (exact) mass is 262 g/mol. The standard InChI is InChI=1S/C16H22O3/c1-4-6-7-10-18-12-15-11-14(13(3)17)8-9-16(15)19-5-2/h4,8-9,11H,1,5-7,10,12H2,2-3H3. The predicted molar refractivity (Wildman–Crippen MR) is 76.7 cm³/mol. The summed E-state index contributed by atoms with van der Waals surface area (Å²) < 4.78 is 11.1. The highest BCUT2D eigenvalue weighted by Crippen LogP contribution is 2.21. The fraction of sp³-hybridized carbons (Fsp3) is 0.438. The number of ketones is 1. The van der Waals surface area contributed by atoms with E-state index in [-0.39, 0.29) is 5.78 Å². The van der Waals surface area contributed by atoms with Crippen LogP contribution >= 0.6 is 0 Å². The van der Waals surface area contributed by atoms with E-state index in [1.165, 1.54) is 0 Å². The van der Waals surface area contributed by atoms with Crippen LogP contribution < -0.4 is 4.74 Å². The number of carbonyl (C=O) groups excluding carboxylic acids is 1. The fourth-order valence-electron chi connectivity index (χ4n) is 1.72. The highest BCUT2D eigenvalue weighted by Gasteiger charge is 2.07. The van der Waals surface area contributed by atoms with Crippen LogP contribution in [0.25, 0.3) is 0 Å². The van der Waals surface area contributed by atoms with E-state index < -0.39 is 0 Å². The molecule has 0 aromatic heterocycles. The van der Waals surface area contributed by atoms with E-state index in [0.29, 0.717) is 25.4 Å². The van der Waals surface area contributed by atoms with Gasteiger partial charge in [0, 0.05) is 17.7 Å². The molecule has 1 aromatic carbocycles. The normalized spacial score (nSPS) is 10.2. The third-order valence-electron chi connectivity index (χ3n) is 2.72. The summed E-state index contributed by atoms with van der Waals surface area (Å²) in [5.74, 6) is 0.840. The van der Waals surface area contributed by atoms with Crippen LogP contribution in [0.4, 0.5) is 0 Å². The van der Waals surface area contributed by atoms with Crippen LogP contribution in [0, 0.1) is 0 Å². The van der Waals surface area contributed by atoms with Gasteiger partial charge in [-0.1, -0.05) is 6.08 Å². The van der Waals surface area contributed by atoms with Crippen molar-refractivity contribution in [1.29, 1.82) is 0 Å². The fourth-order valence-corrected chi connectivity index (χ4v) is 1.72. The van der Waals surface area contributed by atoms with Crippen LogP contribution in [0.3, 0.4) is 0 Å². The molecule has 1 aromatic rings. The Kier molecular flexibility index (Phi) is 6.90. The van der Waals surface area contributed by atoms with Gasteiger partial charge in [-0.3, -0.25) is 4.79 Å². The van der Waals surface area contributed by atoms with Crippen LogP contribution in [0.2, 0.25) is 0 Å². The molecule has 19 heavy (non-hydrogen) atoms. The van der Waals surface area contributed by atoms with Gasteiger partial charge in [-0.2, -0.15) is 0 Å².